The highest BCUT2D eigenvalue weighted by atomic mass is 79.9. The van der Waals surface area contributed by atoms with Crippen LogP contribution in [0.2, 0.25) is 0 Å². The van der Waals surface area contributed by atoms with Gasteiger partial charge in [0.2, 0.25) is 0 Å². The highest BCUT2D eigenvalue weighted by Gasteiger charge is 2.17. The molecule has 0 heterocycles. The van der Waals surface area contributed by atoms with Gasteiger partial charge in [0, 0.05) is 29.1 Å². The van der Waals surface area contributed by atoms with Gasteiger partial charge < -0.3 is 9.64 Å². The molecule has 6 heteroatoms. The summed E-state index contributed by atoms with van der Waals surface area (Å²) >= 11 is 6.73. The smallest absolute Gasteiger partial charge is 0.255 e. The molecule has 1 aromatic carbocycles. The minimum absolute atomic E-state index is 0.105. The van der Waals surface area contributed by atoms with Crippen molar-refractivity contribution in [1.29, 1.82) is 5.26 Å². The minimum Gasteiger partial charge on any atom is -0.383 e. The molecular formula is C13H14Br2N2O2. The number of amides is 1. The summed E-state index contributed by atoms with van der Waals surface area (Å²) in [4.78, 5) is 14.0. The number of hydrogen-bond donors (Lipinski definition) is 0. The van der Waals surface area contributed by atoms with E-state index in [9.17, 15) is 4.79 Å². The zero-order valence-corrected chi connectivity index (χ0v) is 13.7. The Bertz CT molecular complexity index is 486. The Morgan fingerprint density at radius 2 is 2.16 bits per heavy atom. The molecule has 0 aromatic heterocycles. The highest BCUT2D eigenvalue weighted by molar-refractivity contribution is 9.11. The number of ether oxygens (including phenoxy) is 1. The maximum atomic E-state index is 12.4. The molecule has 0 spiro atoms. The molecule has 1 amide bonds. The van der Waals surface area contributed by atoms with E-state index >= 15 is 0 Å². The standard InChI is InChI=1S/C13H14Br2N2O2/c1-19-8-7-17(6-2-5-16)13(18)11-4-3-10(14)9-12(11)15/h3-4,9H,2,6-8H2,1H3. The molecule has 0 aliphatic rings. The molecule has 0 saturated heterocycles. The molecule has 0 aliphatic carbocycles. The van der Waals surface area contributed by atoms with Gasteiger partial charge in [0.25, 0.3) is 5.91 Å². The largest absolute Gasteiger partial charge is 0.383 e. The van der Waals surface area contributed by atoms with E-state index in [1.54, 1.807) is 18.1 Å². The van der Waals surface area contributed by atoms with E-state index in [1.807, 2.05) is 12.1 Å². The van der Waals surface area contributed by atoms with Crippen LogP contribution < -0.4 is 0 Å². The van der Waals surface area contributed by atoms with E-state index in [-0.39, 0.29) is 5.91 Å². The summed E-state index contributed by atoms with van der Waals surface area (Å²) in [5.41, 5.74) is 0.581. The van der Waals surface area contributed by atoms with Gasteiger partial charge in [0.05, 0.1) is 24.7 Å². The molecule has 4 nitrogen and oxygen atoms in total. The van der Waals surface area contributed by atoms with E-state index in [2.05, 4.69) is 37.9 Å². The summed E-state index contributed by atoms with van der Waals surface area (Å²) in [7, 11) is 1.59. The van der Waals surface area contributed by atoms with E-state index in [1.165, 1.54) is 0 Å². The SMILES string of the molecule is COCCN(CCC#N)C(=O)c1ccc(Br)cc1Br. The van der Waals surface area contributed by atoms with Crippen LogP contribution in [-0.2, 0) is 4.74 Å². The number of nitriles is 1. The summed E-state index contributed by atoms with van der Waals surface area (Å²) < 4.78 is 6.62. The maximum Gasteiger partial charge on any atom is 0.255 e. The summed E-state index contributed by atoms with van der Waals surface area (Å²) in [6, 6.07) is 7.45. The first kappa shape index (κ1) is 16.2. The van der Waals surface area contributed by atoms with Gasteiger partial charge in [-0.05, 0) is 34.1 Å². The van der Waals surface area contributed by atoms with E-state index in [4.69, 9.17) is 10.00 Å². The summed E-state index contributed by atoms with van der Waals surface area (Å²) in [6.45, 7) is 1.33. The Hall–Kier alpha value is -0.900. The molecule has 0 bridgehead atoms. The molecule has 19 heavy (non-hydrogen) atoms. The maximum absolute atomic E-state index is 12.4. The number of rotatable bonds is 6. The molecule has 1 rings (SSSR count). The quantitative estimate of drug-likeness (QED) is 0.750. The van der Waals surface area contributed by atoms with Crippen molar-refractivity contribution in [2.45, 2.75) is 6.42 Å². The average Bonchev–Trinajstić information content (AvgIpc) is 2.38. The minimum atomic E-state index is -0.105. The number of hydrogen-bond acceptors (Lipinski definition) is 3. The lowest BCUT2D eigenvalue weighted by molar-refractivity contribution is 0.0699. The van der Waals surface area contributed by atoms with E-state index in [0.717, 1.165) is 8.95 Å². The van der Waals surface area contributed by atoms with Crippen LogP contribution >= 0.6 is 31.9 Å². The highest BCUT2D eigenvalue weighted by Crippen LogP contribution is 2.23. The van der Waals surface area contributed by atoms with Crippen molar-refractivity contribution in [2.24, 2.45) is 0 Å². The fourth-order valence-corrected chi connectivity index (χ4v) is 2.75. The van der Waals surface area contributed by atoms with Gasteiger partial charge in [-0.3, -0.25) is 4.79 Å². The van der Waals surface area contributed by atoms with Gasteiger partial charge >= 0.3 is 0 Å². The summed E-state index contributed by atoms with van der Waals surface area (Å²) in [6.07, 6.45) is 0.309. The third-order valence-corrected chi connectivity index (χ3v) is 3.66. The van der Waals surface area contributed by atoms with Crippen molar-refractivity contribution >= 4 is 37.8 Å². The lowest BCUT2D eigenvalue weighted by Crippen LogP contribution is -2.34. The normalized spacial score (nSPS) is 10.0. The fourth-order valence-electron chi connectivity index (χ4n) is 1.53. The van der Waals surface area contributed by atoms with Crippen LogP contribution in [0.5, 0.6) is 0 Å². The van der Waals surface area contributed by atoms with Crippen LogP contribution in [-0.4, -0.2) is 37.6 Å². The first-order chi connectivity index (χ1) is 9.10. The number of nitrogens with zero attached hydrogens (tertiary/aromatic N) is 2. The number of benzene rings is 1. The van der Waals surface area contributed by atoms with Crippen LogP contribution in [0, 0.1) is 11.3 Å². The summed E-state index contributed by atoms with van der Waals surface area (Å²) in [5, 5.41) is 8.65. The fraction of sp³-hybridized carbons (Fsp3) is 0.385. The second-order valence-electron chi connectivity index (χ2n) is 3.82. The van der Waals surface area contributed by atoms with Crippen LogP contribution in [0.25, 0.3) is 0 Å². The number of halogens is 2. The lowest BCUT2D eigenvalue weighted by Gasteiger charge is -2.21. The molecule has 0 atom stereocenters. The number of methoxy groups -OCH3 is 1. The van der Waals surface area contributed by atoms with Crippen molar-refractivity contribution in [3.8, 4) is 6.07 Å². The van der Waals surface area contributed by atoms with Crippen LogP contribution in [0.3, 0.4) is 0 Å². The Labute approximate surface area is 129 Å². The molecule has 0 N–H and O–H groups in total. The third kappa shape index (κ3) is 4.94. The topological polar surface area (TPSA) is 53.3 Å². The second-order valence-corrected chi connectivity index (χ2v) is 5.59. The van der Waals surface area contributed by atoms with Gasteiger partial charge in [-0.1, -0.05) is 15.9 Å². The van der Waals surface area contributed by atoms with Gasteiger partial charge in [-0.15, -0.1) is 0 Å². The molecule has 1 aromatic rings. The molecule has 0 saturated carbocycles. The van der Waals surface area contributed by atoms with Gasteiger partial charge in [-0.25, -0.2) is 0 Å². The van der Waals surface area contributed by atoms with Gasteiger partial charge in [0.1, 0.15) is 0 Å². The molecule has 0 unspecified atom stereocenters. The van der Waals surface area contributed by atoms with Crippen molar-refractivity contribution in [2.75, 3.05) is 26.8 Å². The first-order valence-electron chi connectivity index (χ1n) is 5.70. The zero-order valence-electron chi connectivity index (χ0n) is 10.5. The predicted octanol–water partition coefficient (Wildman–Crippen LogP) is 3.21. The monoisotopic (exact) mass is 388 g/mol. The van der Waals surface area contributed by atoms with Crippen molar-refractivity contribution in [3.63, 3.8) is 0 Å². The predicted molar refractivity (Wildman–Crippen MR) is 79.9 cm³/mol. The molecular weight excluding hydrogens is 376 g/mol. The average molecular weight is 390 g/mol. The Morgan fingerprint density at radius 1 is 1.42 bits per heavy atom. The van der Waals surface area contributed by atoms with Crippen LogP contribution in [0.4, 0.5) is 0 Å². The molecule has 0 radical (unpaired) electrons. The van der Waals surface area contributed by atoms with Crippen molar-refractivity contribution in [1.82, 2.24) is 4.90 Å². The molecule has 0 fully saturated rings. The van der Waals surface area contributed by atoms with Crippen molar-refractivity contribution < 1.29 is 9.53 Å². The Morgan fingerprint density at radius 3 is 2.74 bits per heavy atom. The van der Waals surface area contributed by atoms with E-state index in [0.29, 0.717) is 31.7 Å². The summed E-state index contributed by atoms with van der Waals surface area (Å²) in [5.74, 6) is -0.105. The van der Waals surface area contributed by atoms with Crippen LogP contribution in [0.1, 0.15) is 16.8 Å². The first-order valence-corrected chi connectivity index (χ1v) is 7.29. The zero-order chi connectivity index (χ0) is 14.3. The molecule has 0 aliphatic heterocycles. The number of carbonyl (C=O) groups excluding carboxylic acids is 1. The second kappa shape index (κ2) is 8.31. The van der Waals surface area contributed by atoms with Gasteiger partial charge in [0.15, 0.2) is 0 Å². The lowest BCUT2D eigenvalue weighted by atomic mass is 10.2. The third-order valence-electron chi connectivity index (χ3n) is 2.51. The molecule has 102 valence electrons. The Balaban J connectivity index is 2.88. The van der Waals surface area contributed by atoms with E-state index < -0.39 is 0 Å². The van der Waals surface area contributed by atoms with Crippen molar-refractivity contribution in [3.05, 3.63) is 32.7 Å². The van der Waals surface area contributed by atoms with Gasteiger partial charge in [-0.2, -0.15) is 5.26 Å². The van der Waals surface area contributed by atoms with Crippen LogP contribution in [0.15, 0.2) is 27.1 Å². The Kier molecular flexibility index (Phi) is 7.06. The number of carbonyl (C=O) groups is 1.